The van der Waals surface area contributed by atoms with Crippen molar-refractivity contribution in [2.24, 2.45) is 0 Å². The number of nitrogens with zero attached hydrogens (tertiary/aromatic N) is 2. The van der Waals surface area contributed by atoms with E-state index >= 15 is 0 Å². The molecular formula is C20H27F2N3O. The van der Waals surface area contributed by atoms with Crippen LogP contribution in [0.4, 0.5) is 8.78 Å². The minimum Gasteiger partial charge on any atom is -0.494 e. The van der Waals surface area contributed by atoms with Gasteiger partial charge in [-0.2, -0.15) is 15.4 Å². The van der Waals surface area contributed by atoms with Gasteiger partial charge in [-0.3, -0.25) is 0 Å². The summed E-state index contributed by atoms with van der Waals surface area (Å²) in [5.41, 5.74) is 2.63. The Morgan fingerprint density at radius 2 is 2.08 bits per heavy atom. The summed E-state index contributed by atoms with van der Waals surface area (Å²) in [4.78, 5) is 0. The Hall–Kier alpha value is -2.50. The molecule has 1 aromatic carbocycles. The van der Waals surface area contributed by atoms with E-state index in [0.717, 1.165) is 12.8 Å². The molecule has 0 saturated carbocycles. The van der Waals surface area contributed by atoms with Crippen LogP contribution >= 0.6 is 0 Å². The van der Waals surface area contributed by atoms with Gasteiger partial charge in [0, 0.05) is 5.56 Å². The monoisotopic (exact) mass is 363 g/mol. The fraction of sp³-hybridized carbons (Fsp3) is 0.400. The summed E-state index contributed by atoms with van der Waals surface area (Å²) in [6.07, 6.45) is 8.93. The first kappa shape index (κ1) is 21.5. The Morgan fingerprint density at radius 1 is 1.31 bits per heavy atom. The number of benzene rings is 1. The van der Waals surface area contributed by atoms with Crippen LogP contribution in [0.3, 0.4) is 0 Å². The third kappa shape index (κ3) is 6.78. The predicted molar refractivity (Wildman–Crippen MR) is 101 cm³/mol. The largest absolute Gasteiger partial charge is 0.494 e. The molecule has 0 saturated heterocycles. The summed E-state index contributed by atoms with van der Waals surface area (Å²) in [5, 5.41) is 9.94. The smallest absolute Gasteiger partial charge is 0.165 e. The normalized spacial score (nSPS) is 15.6. The van der Waals surface area contributed by atoms with Crippen molar-refractivity contribution in [2.45, 2.75) is 46.2 Å². The second-order valence-corrected chi connectivity index (χ2v) is 5.32. The number of halogens is 2. The molecule has 1 unspecified atom stereocenters. The molecule has 4 nitrogen and oxygen atoms in total. The number of hydrogen-bond acceptors (Lipinski definition) is 3. The minimum atomic E-state index is -0.722. The zero-order valence-electron chi connectivity index (χ0n) is 15.8. The second kappa shape index (κ2) is 12.0. The first-order chi connectivity index (χ1) is 12.6. The lowest BCUT2D eigenvalue weighted by Gasteiger charge is -2.02. The lowest BCUT2D eigenvalue weighted by molar-refractivity contribution is 0.379. The molecule has 2 aromatic rings. The Morgan fingerprint density at radius 3 is 2.65 bits per heavy atom. The van der Waals surface area contributed by atoms with E-state index in [9.17, 15) is 8.78 Å². The van der Waals surface area contributed by atoms with Crippen molar-refractivity contribution in [3.8, 4) is 17.0 Å². The van der Waals surface area contributed by atoms with Gasteiger partial charge in [0.05, 0.1) is 13.3 Å². The lowest BCUT2D eigenvalue weighted by atomic mass is 10.1. The summed E-state index contributed by atoms with van der Waals surface area (Å²) in [5.74, 6) is -0.190. The molecule has 0 bridgehead atoms. The highest BCUT2D eigenvalue weighted by Gasteiger charge is 2.06. The number of hydrogen-bond donors (Lipinski definition) is 1. The molecule has 142 valence electrons. The molecule has 0 spiro atoms. The molecule has 6 heteroatoms. The standard InChI is InChI=1S/C9H8FN3O.C9H13F.C2H6/c1-14-9-3-2-6(4-7(9)10)8-5-11-13-12-8;1-2-8-4-3-5-9(10)7-6-8;1-2/h2-5H,1H3,(H,11,12,13);3-5,9H,2,6-7H2,1H3;1-2H3. The molecule has 0 radical (unpaired) electrons. The second-order valence-electron chi connectivity index (χ2n) is 5.32. The quantitative estimate of drug-likeness (QED) is 0.766. The topological polar surface area (TPSA) is 50.8 Å². The maximum absolute atomic E-state index is 13.3. The third-order valence-corrected chi connectivity index (χ3v) is 3.71. The molecule has 1 aliphatic carbocycles. The van der Waals surface area contributed by atoms with Crippen LogP contribution in [0.25, 0.3) is 11.3 Å². The van der Waals surface area contributed by atoms with Gasteiger partial charge in [0.2, 0.25) is 0 Å². The third-order valence-electron chi connectivity index (χ3n) is 3.71. The average molecular weight is 363 g/mol. The van der Waals surface area contributed by atoms with Gasteiger partial charge in [0.15, 0.2) is 11.6 Å². The Bertz CT molecular complexity index is 697. The molecule has 1 aromatic heterocycles. The summed E-state index contributed by atoms with van der Waals surface area (Å²) in [7, 11) is 1.42. The molecule has 3 rings (SSSR count). The van der Waals surface area contributed by atoms with Crippen molar-refractivity contribution in [3.05, 3.63) is 54.0 Å². The highest BCUT2D eigenvalue weighted by molar-refractivity contribution is 5.58. The van der Waals surface area contributed by atoms with E-state index < -0.39 is 12.0 Å². The number of rotatable bonds is 3. The van der Waals surface area contributed by atoms with Gasteiger partial charge in [0.1, 0.15) is 11.9 Å². The fourth-order valence-electron chi connectivity index (χ4n) is 2.28. The molecule has 1 N–H and O–H groups in total. The van der Waals surface area contributed by atoms with E-state index in [0.29, 0.717) is 17.7 Å². The van der Waals surface area contributed by atoms with Gasteiger partial charge in [-0.1, -0.05) is 44.6 Å². The lowest BCUT2D eigenvalue weighted by Crippen LogP contribution is -1.92. The maximum atomic E-state index is 13.3. The predicted octanol–water partition coefficient (Wildman–Crippen LogP) is 5.66. The Kier molecular flexibility index (Phi) is 9.90. The molecule has 1 atom stereocenters. The van der Waals surface area contributed by atoms with Gasteiger partial charge < -0.3 is 4.74 Å². The van der Waals surface area contributed by atoms with Gasteiger partial charge in [-0.25, -0.2) is 8.78 Å². The van der Waals surface area contributed by atoms with Crippen LogP contribution in [-0.2, 0) is 0 Å². The van der Waals surface area contributed by atoms with Crippen LogP contribution in [0.15, 0.2) is 48.2 Å². The van der Waals surface area contributed by atoms with E-state index in [1.807, 2.05) is 26.0 Å². The van der Waals surface area contributed by atoms with Crippen molar-refractivity contribution in [1.29, 1.82) is 0 Å². The first-order valence-corrected chi connectivity index (χ1v) is 8.84. The Labute approximate surface area is 154 Å². The number of aromatic amines is 1. The van der Waals surface area contributed by atoms with Crippen LogP contribution in [0.2, 0.25) is 0 Å². The SMILES string of the molecule is CC.CCC1=CC=CC(F)CC1.COc1ccc(-c2cn[nH]n2)cc1F. The summed E-state index contributed by atoms with van der Waals surface area (Å²) in [6.45, 7) is 6.11. The molecule has 0 amide bonds. The number of methoxy groups -OCH3 is 1. The van der Waals surface area contributed by atoms with Crippen molar-refractivity contribution in [2.75, 3.05) is 7.11 Å². The van der Waals surface area contributed by atoms with Crippen LogP contribution in [0.1, 0.15) is 40.0 Å². The highest BCUT2D eigenvalue weighted by atomic mass is 19.1. The van der Waals surface area contributed by atoms with Crippen LogP contribution in [0, 0.1) is 5.82 Å². The summed E-state index contributed by atoms with van der Waals surface area (Å²) >= 11 is 0. The highest BCUT2D eigenvalue weighted by Crippen LogP contribution is 2.23. The summed E-state index contributed by atoms with van der Waals surface area (Å²) < 4.78 is 30.7. The molecule has 1 heterocycles. The van der Waals surface area contributed by atoms with E-state index in [4.69, 9.17) is 4.74 Å². The van der Waals surface area contributed by atoms with E-state index in [1.54, 1.807) is 18.2 Å². The molecular weight excluding hydrogens is 336 g/mol. The van der Waals surface area contributed by atoms with Crippen molar-refractivity contribution in [3.63, 3.8) is 0 Å². The van der Waals surface area contributed by atoms with Crippen LogP contribution < -0.4 is 4.74 Å². The van der Waals surface area contributed by atoms with Crippen molar-refractivity contribution in [1.82, 2.24) is 15.4 Å². The zero-order chi connectivity index (χ0) is 19.4. The minimum absolute atomic E-state index is 0.220. The van der Waals surface area contributed by atoms with Gasteiger partial charge in [0.25, 0.3) is 0 Å². The van der Waals surface area contributed by atoms with E-state index in [1.165, 1.54) is 24.9 Å². The molecule has 26 heavy (non-hydrogen) atoms. The van der Waals surface area contributed by atoms with Crippen LogP contribution in [0.5, 0.6) is 5.75 Å². The van der Waals surface area contributed by atoms with Crippen LogP contribution in [-0.4, -0.2) is 28.7 Å². The molecule has 0 fully saturated rings. The summed E-state index contributed by atoms with van der Waals surface area (Å²) in [6, 6.07) is 4.63. The number of aromatic nitrogens is 3. The number of H-pyrrole nitrogens is 1. The average Bonchev–Trinajstić information content (AvgIpc) is 3.13. The first-order valence-electron chi connectivity index (χ1n) is 8.84. The van der Waals surface area contributed by atoms with Gasteiger partial charge >= 0.3 is 0 Å². The van der Waals surface area contributed by atoms with Crippen molar-refractivity contribution >= 4 is 0 Å². The number of allylic oxidation sites excluding steroid dienone is 4. The maximum Gasteiger partial charge on any atom is 0.165 e. The molecule has 0 aliphatic heterocycles. The zero-order valence-corrected chi connectivity index (χ0v) is 15.8. The number of alkyl halides is 1. The van der Waals surface area contributed by atoms with E-state index in [2.05, 4.69) is 22.3 Å². The molecule has 1 aliphatic rings. The fourth-order valence-corrected chi connectivity index (χ4v) is 2.28. The van der Waals surface area contributed by atoms with Gasteiger partial charge in [-0.05, 0) is 37.5 Å². The number of nitrogens with one attached hydrogen (secondary N) is 1. The Balaban J connectivity index is 0.000000249. The van der Waals surface area contributed by atoms with E-state index in [-0.39, 0.29) is 5.75 Å². The number of ether oxygens (including phenoxy) is 1. The van der Waals surface area contributed by atoms with Gasteiger partial charge in [-0.15, -0.1) is 0 Å². The van der Waals surface area contributed by atoms with Crippen molar-refractivity contribution < 1.29 is 13.5 Å².